The molecule has 1 heterocycles. The van der Waals surface area contributed by atoms with Gasteiger partial charge in [-0.15, -0.1) is 0 Å². The number of methoxy groups -OCH3 is 1. The van der Waals surface area contributed by atoms with Gasteiger partial charge in [0, 0.05) is 7.11 Å². The largest absolute Gasteiger partial charge is 0.478 e. The minimum atomic E-state index is -1.02. The van der Waals surface area contributed by atoms with Crippen molar-refractivity contribution in [3.8, 4) is 0 Å². The third-order valence-electron chi connectivity index (χ3n) is 3.17. The number of ether oxygens (including phenoxy) is 1. The topological polar surface area (TPSA) is 71.5 Å². The van der Waals surface area contributed by atoms with E-state index in [0.717, 1.165) is 19.3 Å². The van der Waals surface area contributed by atoms with Crippen molar-refractivity contribution in [3.63, 3.8) is 0 Å². The molecule has 5 nitrogen and oxygen atoms in total. The maximum Gasteiger partial charge on any atom is 0.339 e. The predicted molar refractivity (Wildman–Crippen MR) is 68.3 cm³/mol. The third-order valence-corrected chi connectivity index (χ3v) is 3.38. The van der Waals surface area contributed by atoms with Crippen LogP contribution in [0.4, 0.5) is 5.82 Å². The summed E-state index contributed by atoms with van der Waals surface area (Å²) in [5.41, 5.74) is 0.126. The fourth-order valence-electron chi connectivity index (χ4n) is 2.27. The zero-order chi connectivity index (χ0) is 13.1. The molecule has 1 saturated carbocycles. The smallest absolute Gasteiger partial charge is 0.339 e. The zero-order valence-electron chi connectivity index (χ0n) is 10.0. The van der Waals surface area contributed by atoms with Crippen LogP contribution in [0.25, 0.3) is 0 Å². The van der Waals surface area contributed by atoms with Crippen LogP contribution in [0.3, 0.4) is 0 Å². The molecule has 98 valence electrons. The molecule has 2 unspecified atom stereocenters. The highest BCUT2D eigenvalue weighted by Crippen LogP contribution is 2.26. The van der Waals surface area contributed by atoms with Gasteiger partial charge in [0.25, 0.3) is 0 Å². The molecule has 6 heteroatoms. The Bertz CT molecular complexity index is 453. The minimum absolute atomic E-state index is 0.0825. The SMILES string of the molecule is COC1CCCC1Nc1nc(Cl)ccc1C(=O)O. The average molecular weight is 271 g/mol. The molecule has 0 spiro atoms. The monoisotopic (exact) mass is 270 g/mol. The Morgan fingerprint density at radius 2 is 2.33 bits per heavy atom. The van der Waals surface area contributed by atoms with Crippen molar-refractivity contribution in [1.29, 1.82) is 0 Å². The number of carbonyl (C=O) groups is 1. The molecule has 1 aliphatic rings. The lowest BCUT2D eigenvalue weighted by Gasteiger charge is -2.21. The second-order valence-corrected chi connectivity index (χ2v) is 4.68. The number of nitrogens with zero attached hydrogens (tertiary/aromatic N) is 1. The summed E-state index contributed by atoms with van der Waals surface area (Å²) in [6.07, 6.45) is 3.05. The molecule has 0 amide bonds. The molecule has 1 aromatic heterocycles. The maximum absolute atomic E-state index is 11.1. The number of hydrogen-bond acceptors (Lipinski definition) is 4. The van der Waals surface area contributed by atoms with E-state index >= 15 is 0 Å². The van der Waals surface area contributed by atoms with E-state index in [1.54, 1.807) is 7.11 Å². The number of carboxylic acids is 1. The van der Waals surface area contributed by atoms with Crippen LogP contribution in [-0.4, -0.2) is 35.3 Å². The van der Waals surface area contributed by atoms with Gasteiger partial charge in [-0.1, -0.05) is 11.6 Å². The fourth-order valence-corrected chi connectivity index (χ4v) is 2.41. The second kappa shape index (κ2) is 5.54. The number of pyridine rings is 1. The van der Waals surface area contributed by atoms with E-state index in [1.165, 1.54) is 12.1 Å². The van der Waals surface area contributed by atoms with Crippen LogP contribution in [0, 0.1) is 0 Å². The quantitative estimate of drug-likeness (QED) is 0.822. The van der Waals surface area contributed by atoms with Gasteiger partial charge in [-0.25, -0.2) is 9.78 Å². The van der Waals surface area contributed by atoms with Crippen molar-refractivity contribution in [3.05, 3.63) is 22.8 Å². The van der Waals surface area contributed by atoms with Crippen molar-refractivity contribution < 1.29 is 14.6 Å². The van der Waals surface area contributed by atoms with Crippen molar-refractivity contribution in [2.45, 2.75) is 31.4 Å². The van der Waals surface area contributed by atoms with Crippen LogP contribution >= 0.6 is 11.6 Å². The molecular weight excluding hydrogens is 256 g/mol. The zero-order valence-corrected chi connectivity index (χ0v) is 10.8. The predicted octanol–water partition coefficient (Wildman–Crippen LogP) is 2.41. The van der Waals surface area contributed by atoms with Crippen molar-refractivity contribution in [2.75, 3.05) is 12.4 Å². The summed E-state index contributed by atoms with van der Waals surface area (Å²) in [6, 6.07) is 3.01. The van der Waals surface area contributed by atoms with E-state index in [-0.39, 0.29) is 22.9 Å². The van der Waals surface area contributed by atoms with E-state index in [2.05, 4.69) is 10.3 Å². The number of nitrogens with one attached hydrogen (secondary N) is 1. The summed E-state index contributed by atoms with van der Waals surface area (Å²) >= 11 is 5.80. The average Bonchev–Trinajstić information content (AvgIpc) is 2.76. The first-order valence-electron chi connectivity index (χ1n) is 5.81. The molecule has 18 heavy (non-hydrogen) atoms. The van der Waals surface area contributed by atoms with Gasteiger partial charge in [0.2, 0.25) is 0 Å². The number of halogens is 1. The lowest BCUT2D eigenvalue weighted by molar-refractivity contribution is 0.0696. The highest BCUT2D eigenvalue weighted by molar-refractivity contribution is 6.29. The van der Waals surface area contributed by atoms with E-state index in [1.807, 2.05) is 0 Å². The highest BCUT2D eigenvalue weighted by atomic mass is 35.5. The molecule has 0 radical (unpaired) electrons. The molecule has 2 atom stereocenters. The lowest BCUT2D eigenvalue weighted by atomic mass is 10.2. The number of hydrogen-bond donors (Lipinski definition) is 2. The molecule has 0 aliphatic heterocycles. The fraction of sp³-hybridized carbons (Fsp3) is 0.500. The van der Waals surface area contributed by atoms with Gasteiger partial charge < -0.3 is 15.2 Å². The molecule has 1 aromatic rings. The standard InChI is InChI=1S/C12H15ClN2O3/c1-18-9-4-2-3-8(9)14-11-7(12(16)17)5-6-10(13)15-11/h5-6,8-9H,2-4H2,1H3,(H,14,15)(H,16,17). The molecule has 1 fully saturated rings. The van der Waals surface area contributed by atoms with Gasteiger partial charge in [0.15, 0.2) is 0 Å². The summed E-state index contributed by atoms with van der Waals surface area (Å²) in [4.78, 5) is 15.1. The Labute approximate surface area is 110 Å². The van der Waals surface area contributed by atoms with Gasteiger partial charge in [0.05, 0.1) is 12.1 Å². The highest BCUT2D eigenvalue weighted by Gasteiger charge is 2.28. The Balaban J connectivity index is 2.22. The number of carboxylic acid groups (broad SMARTS) is 1. The molecule has 1 aliphatic carbocycles. The molecular formula is C12H15ClN2O3. The molecule has 2 rings (SSSR count). The van der Waals surface area contributed by atoms with Gasteiger partial charge >= 0.3 is 5.97 Å². The van der Waals surface area contributed by atoms with Crippen molar-refractivity contribution in [2.24, 2.45) is 0 Å². The Morgan fingerprint density at radius 1 is 1.56 bits per heavy atom. The van der Waals surface area contributed by atoms with Gasteiger partial charge in [-0.05, 0) is 31.4 Å². The van der Waals surface area contributed by atoms with Crippen molar-refractivity contribution >= 4 is 23.4 Å². The maximum atomic E-state index is 11.1. The number of aromatic carboxylic acids is 1. The first-order chi connectivity index (χ1) is 8.61. The van der Waals surface area contributed by atoms with E-state index in [9.17, 15) is 4.79 Å². The molecule has 0 saturated heterocycles. The first kappa shape index (κ1) is 13.1. The normalized spacial score (nSPS) is 23.0. The van der Waals surface area contributed by atoms with Gasteiger partial charge in [0.1, 0.15) is 16.5 Å². The summed E-state index contributed by atoms with van der Waals surface area (Å²) in [7, 11) is 1.66. The van der Waals surface area contributed by atoms with Gasteiger partial charge in [-0.2, -0.15) is 0 Å². The van der Waals surface area contributed by atoms with Crippen LogP contribution in [0.15, 0.2) is 12.1 Å². The minimum Gasteiger partial charge on any atom is -0.478 e. The molecule has 2 N–H and O–H groups in total. The van der Waals surface area contributed by atoms with Crippen LogP contribution in [-0.2, 0) is 4.74 Å². The Kier molecular flexibility index (Phi) is 4.04. The van der Waals surface area contributed by atoms with E-state index in [4.69, 9.17) is 21.4 Å². The first-order valence-corrected chi connectivity index (χ1v) is 6.19. The van der Waals surface area contributed by atoms with E-state index in [0.29, 0.717) is 5.82 Å². The van der Waals surface area contributed by atoms with Crippen LogP contribution in [0.2, 0.25) is 5.15 Å². The Hall–Kier alpha value is -1.33. The van der Waals surface area contributed by atoms with Crippen molar-refractivity contribution in [1.82, 2.24) is 4.98 Å². The van der Waals surface area contributed by atoms with Crippen LogP contribution in [0.5, 0.6) is 0 Å². The second-order valence-electron chi connectivity index (χ2n) is 4.29. The number of rotatable bonds is 4. The van der Waals surface area contributed by atoms with Crippen LogP contribution < -0.4 is 5.32 Å². The Morgan fingerprint density at radius 3 is 3.00 bits per heavy atom. The summed E-state index contributed by atoms with van der Waals surface area (Å²) in [5, 5.41) is 12.5. The van der Waals surface area contributed by atoms with E-state index < -0.39 is 5.97 Å². The summed E-state index contributed by atoms with van der Waals surface area (Å²) in [5.74, 6) is -0.711. The lowest BCUT2D eigenvalue weighted by Crippen LogP contribution is -2.30. The van der Waals surface area contributed by atoms with Crippen LogP contribution in [0.1, 0.15) is 29.6 Å². The molecule has 0 bridgehead atoms. The molecule has 0 aromatic carbocycles. The number of aromatic nitrogens is 1. The summed E-state index contributed by atoms with van der Waals surface area (Å²) < 4.78 is 5.36. The summed E-state index contributed by atoms with van der Waals surface area (Å²) in [6.45, 7) is 0. The number of anilines is 1. The van der Waals surface area contributed by atoms with Gasteiger partial charge in [-0.3, -0.25) is 0 Å². The third kappa shape index (κ3) is 2.73.